The zero-order valence-electron chi connectivity index (χ0n) is 12.7. The molecule has 1 aliphatic heterocycles. The normalized spacial score (nSPS) is 15.3. The number of nitrogens with zero attached hydrogens (tertiary/aromatic N) is 4. The van der Waals surface area contributed by atoms with Gasteiger partial charge >= 0.3 is 0 Å². The molecule has 0 aliphatic carbocycles. The number of aromatic nitrogens is 1. The molecular formula is C17H20N4O. The Hall–Kier alpha value is -2.56. The number of hydrogen-bond acceptors (Lipinski definition) is 5. The van der Waals surface area contributed by atoms with E-state index < -0.39 is 0 Å². The van der Waals surface area contributed by atoms with Gasteiger partial charge in [-0.3, -0.25) is 5.01 Å². The third-order valence-corrected chi connectivity index (χ3v) is 3.72. The number of pyridine rings is 1. The first-order chi connectivity index (χ1) is 10.8. The predicted molar refractivity (Wildman–Crippen MR) is 88.6 cm³/mol. The average molecular weight is 296 g/mol. The van der Waals surface area contributed by atoms with Crippen LogP contribution in [0.5, 0.6) is 5.75 Å². The van der Waals surface area contributed by atoms with Crippen molar-refractivity contribution in [2.24, 2.45) is 5.10 Å². The second kappa shape index (κ2) is 6.93. The summed E-state index contributed by atoms with van der Waals surface area (Å²) in [5.74, 6) is 1.91. The molecule has 0 atom stereocenters. The van der Waals surface area contributed by atoms with Crippen LogP contribution in [0.3, 0.4) is 0 Å². The monoisotopic (exact) mass is 296 g/mol. The van der Waals surface area contributed by atoms with Crippen LogP contribution in [0.1, 0.15) is 5.56 Å². The predicted octanol–water partition coefficient (Wildman–Crippen LogP) is 2.25. The minimum Gasteiger partial charge on any atom is -0.497 e. The lowest BCUT2D eigenvalue weighted by Gasteiger charge is -2.33. The molecular weight excluding hydrogens is 276 g/mol. The Morgan fingerprint density at radius 2 is 1.82 bits per heavy atom. The van der Waals surface area contributed by atoms with E-state index in [1.807, 2.05) is 48.8 Å². The summed E-state index contributed by atoms with van der Waals surface area (Å²) in [5.41, 5.74) is 1.08. The van der Waals surface area contributed by atoms with Crippen LogP contribution >= 0.6 is 0 Å². The van der Waals surface area contributed by atoms with Crippen molar-refractivity contribution in [2.45, 2.75) is 0 Å². The molecule has 2 aromatic rings. The van der Waals surface area contributed by atoms with E-state index in [-0.39, 0.29) is 0 Å². The van der Waals surface area contributed by atoms with Gasteiger partial charge in [0, 0.05) is 19.3 Å². The number of piperazine rings is 1. The van der Waals surface area contributed by atoms with Gasteiger partial charge in [-0.2, -0.15) is 5.10 Å². The Kier molecular flexibility index (Phi) is 4.53. The molecule has 3 rings (SSSR count). The Bertz CT molecular complexity index is 604. The lowest BCUT2D eigenvalue weighted by atomic mass is 10.2. The molecule has 1 aromatic carbocycles. The van der Waals surface area contributed by atoms with Crippen LogP contribution in [0, 0.1) is 0 Å². The first-order valence-electron chi connectivity index (χ1n) is 7.44. The third kappa shape index (κ3) is 3.55. The average Bonchev–Trinajstić information content (AvgIpc) is 2.61. The molecule has 0 saturated carbocycles. The molecule has 0 N–H and O–H groups in total. The standard InChI is InChI=1S/C17H20N4O/c1-22-16-7-5-15(6-8-16)14-19-21-12-10-20(11-13-21)17-4-2-3-9-18-17/h2-9,14H,10-13H2,1H3/b19-14+. The largest absolute Gasteiger partial charge is 0.497 e. The van der Waals surface area contributed by atoms with E-state index in [4.69, 9.17) is 4.74 Å². The smallest absolute Gasteiger partial charge is 0.128 e. The number of anilines is 1. The van der Waals surface area contributed by atoms with E-state index in [0.29, 0.717) is 0 Å². The topological polar surface area (TPSA) is 41.0 Å². The van der Waals surface area contributed by atoms with Crippen molar-refractivity contribution in [2.75, 3.05) is 38.2 Å². The third-order valence-electron chi connectivity index (χ3n) is 3.72. The van der Waals surface area contributed by atoms with Crippen LogP contribution in [0.2, 0.25) is 0 Å². The molecule has 5 nitrogen and oxygen atoms in total. The first-order valence-corrected chi connectivity index (χ1v) is 7.44. The van der Waals surface area contributed by atoms with Gasteiger partial charge in [0.05, 0.1) is 26.4 Å². The number of ether oxygens (including phenoxy) is 1. The maximum absolute atomic E-state index is 5.15. The van der Waals surface area contributed by atoms with E-state index in [1.165, 1.54) is 0 Å². The fourth-order valence-electron chi connectivity index (χ4n) is 2.42. The SMILES string of the molecule is COc1ccc(/C=N/N2CCN(c3ccccn3)CC2)cc1. The molecule has 22 heavy (non-hydrogen) atoms. The molecule has 2 heterocycles. The van der Waals surface area contributed by atoms with Crippen molar-refractivity contribution in [3.8, 4) is 5.75 Å². The summed E-state index contributed by atoms with van der Waals surface area (Å²) in [6.45, 7) is 3.69. The van der Waals surface area contributed by atoms with Gasteiger partial charge in [0.15, 0.2) is 0 Å². The van der Waals surface area contributed by atoms with Gasteiger partial charge < -0.3 is 9.64 Å². The highest BCUT2D eigenvalue weighted by Crippen LogP contribution is 2.13. The highest BCUT2D eigenvalue weighted by Gasteiger charge is 2.15. The molecule has 0 amide bonds. The quantitative estimate of drug-likeness (QED) is 0.812. The fourth-order valence-corrected chi connectivity index (χ4v) is 2.42. The Labute approximate surface area is 130 Å². The zero-order chi connectivity index (χ0) is 15.2. The number of benzene rings is 1. The molecule has 1 saturated heterocycles. The zero-order valence-corrected chi connectivity index (χ0v) is 12.7. The Morgan fingerprint density at radius 3 is 2.45 bits per heavy atom. The van der Waals surface area contributed by atoms with Crippen LogP contribution in [0.4, 0.5) is 5.82 Å². The highest BCUT2D eigenvalue weighted by atomic mass is 16.5. The maximum Gasteiger partial charge on any atom is 0.128 e. The Morgan fingerprint density at radius 1 is 1.05 bits per heavy atom. The van der Waals surface area contributed by atoms with Gasteiger partial charge in [-0.1, -0.05) is 6.07 Å². The minimum absolute atomic E-state index is 0.862. The van der Waals surface area contributed by atoms with Crippen molar-refractivity contribution in [3.05, 3.63) is 54.2 Å². The van der Waals surface area contributed by atoms with Crippen LogP contribution < -0.4 is 9.64 Å². The molecule has 5 heteroatoms. The second-order valence-corrected chi connectivity index (χ2v) is 5.15. The summed E-state index contributed by atoms with van der Waals surface area (Å²) < 4.78 is 5.15. The van der Waals surface area contributed by atoms with Gasteiger partial charge in [-0.05, 0) is 42.0 Å². The molecule has 0 bridgehead atoms. The molecule has 1 fully saturated rings. The summed E-state index contributed by atoms with van der Waals surface area (Å²) in [5, 5.41) is 6.66. The van der Waals surface area contributed by atoms with E-state index >= 15 is 0 Å². The summed E-state index contributed by atoms with van der Waals surface area (Å²) >= 11 is 0. The number of hydrazone groups is 1. The molecule has 1 aliphatic rings. The van der Waals surface area contributed by atoms with Crippen molar-refractivity contribution in [1.82, 2.24) is 9.99 Å². The summed E-state index contributed by atoms with van der Waals surface area (Å²) in [6.07, 6.45) is 3.74. The van der Waals surface area contributed by atoms with Gasteiger partial charge in [0.25, 0.3) is 0 Å². The summed E-state index contributed by atoms with van der Waals surface area (Å²) in [6, 6.07) is 13.9. The lowest BCUT2D eigenvalue weighted by molar-refractivity contribution is 0.271. The first kappa shape index (κ1) is 14.4. The fraction of sp³-hybridized carbons (Fsp3) is 0.294. The van der Waals surface area contributed by atoms with Gasteiger partial charge in [-0.15, -0.1) is 0 Å². The van der Waals surface area contributed by atoms with Crippen molar-refractivity contribution in [1.29, 1.82) is 0 Å². The van der Waals surface area contributed by atoms with Crippen molar-refractivity contribution in [3.63, 3.8) is 0 Å². The number of rotatable bonds is 4. The molecule has 0 radical (unpaired) electrons. The van der Waals surface area contributed by atoms with E-state index in [0.717, 1.165) is 43.3 Å². The molecule has 1 aromatic heterocycles. The van der Waals surface area contributed by atoms with Crippen LogP contribution in [-0.4, -0.2) is 49.5 Å². The molecule has 114 valence electrons. The van der Waals surface area contributed by atoms with E-state index in [9.17, 15) is 0 Å². The maximum atomic E-state index is 5.15. The minimum atomic E-state index is 0.862. The number of hydrogen-bond donors (Lipinski definition) is 0. The summed E-state index contributed by atoms with van der Waals surface area (Å²) in [4.78, 5) is 6.69. The molecule has 0 spiro atoms. The second-order valence-electron chi connectivity index (χ2n) is 5.15. The number of methoxy groups -OCH3 is 1. The van der Waals surface area contributed by atoms with Crippen LogP contribution in [-0.2, 0) is 0 Å². The van der Waals surface area contributed by atoms with Gasteiger partial charge in [0.1, 0.15) is 11.6 Å². The van der Waals surface area contributed by atoms with Crippen molar-refractivity contribution >= 4 is 12.0 Å². The van der Waals surface area contributed by atoms with Crippen LogP contribution in [0.25, 0.3) is 0 Å². The van der Waals surface area contributed by atoms with E-state index in [1.54, 1.807) is 7.11 Å². The summed E-state index contributed by atoms with van der Waals surface area (Å²) in [7, 11) is 1.67. The van der Waals surface area contributed by atoms with Crippen LogP contribution in [0.15, 0.2) is 53.8 Å². The van der Waals surface area contributed by atoms with E-state index in [2.05, 4.69) is 26.1 Å². The lowest BCUT2D eigenvalue weighted by Crippen LogP contribution is -2.44. The van der Waals surface area contributed by atoms with Gasteiger partial charge in [0.2, 0.25) is 0 Å². The Balaban J connectivity index is 1.54. The van der Waals surface area contributed by atoms with Gasteiger partial charge in [-0.25, -0.2) is 4.98 Å². The highest BCUT2D eigenvalue weighted by molar-refractivity contribution is 5.79. The molecule has 0 unspecified atom stereocenters. The van der Waals surface area contributed by atoms with Crippen molar-refractivity contribution < 1.29 is 4.74 Å².